The van der Waals surface area contributed by atoms with Crippen LogP contribution in [0.4, 0.5) is 0 Å². The molecule has 0 unspecified atom stereocenters. The van der Waals surface area contributed by atoms with Crippen LogP contribution in [0.15, 0.2) is 0 Å². The standard InChI is InChI=1S/C4H10O3/c5-2-1-4(7)3-6/h4-7H,1-3H2/t4-/m0/s1/i2D2,3D2. The van der Waals surface area contributed by atoms with Crippen LogP contribution in [0.5, 0.6) is 0 Å². The van der Waals surface area contributed by atoms with Crippen LogP contribution in [-0.2, 0) is 0 Å². The Morgan fingerprint density at radius 3 is 2.29 bits per heavy atom. The third-order valence-electron chi connectivity index (χ3n) is 0.434. The second kappa shape index (κ2) is 4.05. The van der Waals surface area contributed by atoms with Crippen molar-refractivity contribution < 1.29 is 20.8 Å². The fraction of sp³-hybridized carbons (Fsp3) is 1.00. The number of hydrogen-bond donors (Lipinski definition) is 3. The molecule has 0 aromatic heterocycles. The molecule has 7 heavy (non-hydrogen) atoms. The van der Waals surface area contributed by atoms with Gasteiger partial charge in [-0.2, -0.15) is 0 Å². The number of aliphatic hydroxyl groups is 3. The molecule has 0 saturated carbocycles. The van der Waals surface area contributed by atoms with Crippen molar-refractivity contribution in [3.05, 3.63) is 0 Å². The lowest BCUT2D eigenvalue weighted by molar-refractivity contribution is 0.0721. The normalized spacial score (nSPS) is 26.7. The van der Waals surface area contributed by atoms with Crippen molar-refractivity contribution >= 4 is 0 Å². The zero-order chi connectivity index (χ0) is 9.28. The van der Waals surface area contributed by atoms with Crippen LogP contribution in [0.2, 0.25) is 0 Å². The van der Waals surface area contributed by atoms with E-state index in [9.17, 15) is 0 Å². The molecular formula is C4H10O3. The Labute approximate surface area is 47.8 Å². The largest absolute Gasteiger partial charge is 0.396 e. The first-order valence-electron chi connectivity index (χ1n) is 3.76. The molecule has 0 aliphatic carbocycles. The van der Waals surface area contributed by atoms with Crippen molar-refractivity contribution in [2.24, 2.45) is 0 Å². The molecule has 3 nitrogen and oxygen atoms in total. The van der Waals surface area contributed by atoms with Gasteiger partial charge in [0, 0.05) is 6.56 Å². The molecule has 0 amide bonds. The van der Waals surface area contributed by atoms with Gasteiger partial charge in [-0.1, -0.05) is 0 Å². The first-order chi connectivity index (χ1) is 4.63. The first kappa shape index (κ1) is 2.44. The van der Waals surface area contributed by atoms with E-state index < -0.39 is 25.6 Å². The quantitative estimate of drug-likeness (QED) is 0.424. The van der Waals surface area contributed by atoms with Crippen molar-refractivity contribution in [3.8, 4) is 0 Å². The van der Waals surface area contributed by atoms with Gasteiger partial charge in [0.2, 0.25) is 0 Å². The zero-order valence-electron chi connectivity index (χ0n) is 7.63. The monoisotopic (exact) mass is 110 g/mol. The molecule has 0 bridgehead atoms. The maximum atomic E-state index is 8.70. The maximum absolute atomic E-state index is 8.70. The summed E-state index contributed by atoms with van der Waals surface area (Å²) in [5.74, 6) is 0. The Hall–Kier alpha value is -0.120. The van der Waals surface area contributed by atoms with E-state index >= 15 is 0 Å². The van der Waals surface area contributed by atoms with E-state index in [-0.39, 0.29) is 0 Å². The average Bonchev–Trinajstić information content (AvgIpc) is 1.56. The van der Waals surface area contributed by atoms with Crippen molar-refractivity contribution in [2.45, 2.75) is 12.5 Å². The van der Waals surface area contributed by atoms with Gasteiger partial charge in [-0.3, -0.25) is 0 Å². The Morgan fingerprint density at radius 1 is 1.57 bits per heavy atom. The third kappa shape index (κ3) is 3.72. The summed E-state index contributed by atoms with van der Waals surface area (Å²) in [5, 5.41) is 25.6. The van der Waals surface area contributed by atoms with Gasteiger partial charge >= 0.3 is 0 Å². The highest BCUT2D eigenvalue weighted by Gasteiger charge is 1.96. The van der Waals surface area contributed by atoms with Gasteiger partial charge in [-0.25, -0.2) is 0 Å². The minimum absolute atomic E-state index is 0.865. The van der Waals surface area contributed by atoms with Crippen molar-refractivity contribution in [1.82, 2.24) is 0 Å². The molecule has 44 valence electrons. The molecule has 1 atom stereocenters. The summed E-state index contributed by atoms with van der Waals surface area (Å²) in [6.07, 6.45) is -2.79. The minimum Gasteiger partial charge on any atom is -0.396 e. The van der Waals surface area contributed by atoms with Crippen LogP contribution < -0.4 is 0 Å². The van der Waals surface area contributed by atoms with Gasteiger partial charge in [0.25, 0.3) is 0 Å². The minimum atomic E-state index is -2.88. The summed E-state index contributed by atoms with van der Waals surface area (Å²) >= 11 is 0. The highest BCUT2D eigenvalue weighted by molar-refractivity contribution is 4.48. The molecule has 0 aliphatic heterocycles. The number of aliphatic hydroxyl groups excluding tert-OH is 1. The van der Waals surface area contributed by atoms with E-state index in [1.807, 2.05) is 0 Å². The predicted octanol–water partition coefficient (Wildman–Crippen LogP) is -1.28. The molecule has 0 fully saturated rings. The highest BCUT2D eigenvalue weighted by Crippen LogP contribution is 1.84. The van der Waals surface area contributed by atoms with Crippen molar-refractivity contribution in [3.63, 3.8) is 0 Å². The zero-order valence-corrected chi connectivity index (χ0v) is 3.63. The van der Waals surface area contributed by atoms with Crippen LogP contribution in [0.1, 0.15) is 11.9 Å². The topological polar surface area (TPSA) is 60.7 Å². The van der Waals surface area contributed by atoms with Crippen LogP contribution in [0.3, 0.4) is 0 Å². The van der Waals surface area contributed by atoms with Gasteiger partial charge in [0.15, 0.2) is 0 Å². The molecule has 0 aliphatic rings. The van der Waals surface area contributed by atoms with E-state index in [0.717, 1.165) is 0 Å². The van der Waals surface area contributed by atoms with E-state index in [2.05, 4.69) is 0 Å². The van der Waals surface area contributed by atoms with Crippen LogP contribution in [0, 0.1) is 0 Å². The lowest BCUT2D eigenvalue weighted by Crippen LogP contribution is -2.12. The summed E-state index contributed by atoms with van der Waals surface area (Å²) in [6.45, 7) is -5.55. The first-order valence-corrected chi connectivity index (χ1v) is 1.76. The van der Waals surface area contributed by atoms with Gasteiger partial charge in [-0.05, 0) is 6.42 Å². The number of rotatable bonds is 3. The molecule has 0 rings (SSSR count). The van der Waals surface area contributed by atoms with Gasteiger partial charge < -0.3 is 15.3 Å². The summed E-state index contributed by atoms with van der Waals surface area (Å²) in [4.78, 5) is 0. The molecule has 0 heterocycles. The highest BCUT2D eigenvalue weighted by atomic mass is 16.3. The summed E-state index contributed by atoms with van der Waals surface area (Å²) in [6, 6.07) is 0. The Kier molecular flexibility index (Phi) is 1.41. The molecule has 3 heteroatoms. The summed E-state index contributed by atoms with van der Waals surface area (Å²) < 4.78 is 26.1. The Morgan fingerprint density at radius 2 is 2.14 bits per heavy atom. The van der Waals surface area contributed by atoms with Crippen LogP contribution in [0.25, 0.3) is 0 Å². The van der Waals surface area contributed by atoms with Crippen LogP contribution in [-0.4, -0.2) is 34.5 Å². The van der Waals surface area contributed by atoms with E-state index in [0.29, 0.717) is 0 Å². The predicted molar refractivity (Wildman–Crippen MR) is 24.8 cm³/mol. The van der Waals surface area contributed by atoms with Crippen molar-refractivity contribution in [1.29, 1.82) is 0 Å². The summed E-state index contributed by atoms with van der Waals surface area (Å²) in [5.41, 5.74) is 0. The molecular weight excluding hydrogens is 96.0 g/mol. The fourth-order valence-electron chi connectivity index (χ4n) is 0.132. The molecule has 0 aromatic rings. The molecule has 0 spiro atoms. The lowest BCUT2D eigenvalue weighted by atomic mass is 10.3. The van der Waals surface area contributed by atoms with Crippen LogP contribution >= 0.6 is 0 Å². The van der Waals surface area contributed by atoms with Gasteiger partial charge in [0.1, 0.15) is 0 Å². The third-order valence-corrected chi connectivity index (χ3v) is 0.434. The van der Waals surface area contributed by atoms with Gasteiger partial charge in [0.05, 0.1) is 18.1 Å². The van der Waals surface area contributed by atoms with Crippen molar-refractivity contribution in [2.75, 3.05) is 13.1 Å². The maximum Gasteiger partial charge on any atom is 0.0792 e. The van der Waals surface area contributed by atoms with E-state index in [1.54, 1.807) is 0 Å². The molecule has 0 radical (unpaired) electrons. The van der Waals surface area contributed by atoms with Gasteiger partial charge in [-0.15, -0.1) is 0 Å². The molecule has 0 aromatic carbocycles. The Balaban J connectivity index is 3.99. The number of hydrogen-bond acceptors (Lipinski definition) is 3. The Bertz CT molecular complexity index is 126. The SMILES string of the molecule is [2H]C([2H])(O)C[C@H](O)C([2H])([2H])O. The average molecular weight is 110 g/mol. The smallest absolute Gasteiger partial charge is 0.0792 e. The second-order valence-corrected chi connectivity index (χ2v) is 1.01. The van der Waals surface area contributed by atoms with E-state index in [1.165, 1.54) is 0 Å². The lowest BCUT2D eigenvalue weighted by Gasteiger charge is -2.00. The molecule has 0 saturated heterocycles. The summed E-state index contributed by atoms with van der Waals surface area (Å²) in [7, 11) is 0. The fourth-order valence-corrected chi connectivity index (χ4v) is 0.132. The second-order valence-electron chi connectivity index (χ2n) is 1.01. The van der Waals surface area contributed by atoms with E-state index in [4.69, 9.17) is 20.8 Å². The molecule has 3 N–H and O–H groups in total.